The molecule has 3 heteroatoms. The van der Waals surface area contributed by atoms with E-state index in [9.17, 15) is 0 Å². The van der Waals surface area contributed by atoms with Crippen LogP contribution in [0.1, 0.15) is 39.5 Å². The Morgan fingerprint density at radius 3 is 2.47 bits per heavy atom. The van der Waals surface area contributed by atoms with Crippen molar-refractivity contribution in [2.45, 2.75) is 39.5 Å². The molecule has 0 aromatic rings. The van der Waals surface area contributed by atoms with Gasteiger partial charge in [0.1, 0.15) is 0 Å². The molecule has 0 saturated carbocycles. The molecular weight excluding hydrogens is 210 g/mol. The topological polar surface area (TPSA) is 23.5 Å². The molecule has 0 aliphatic carbocycles. The molecule has 0 aliphatic rings. The molecule has 0 amide bonds. The van der Waals surface area contributed by atoms with Crippen molar-refractivity contribution in [3.8, 4) is 0 Å². The van der Waals surface area contributed by atoms with Crippen LogP contribution in [0.25, 0.3) is 0 Å². The standard InChI is InChI=1S/C12H26ClNO/c1-3-4-8-14(10-11-15)9-6-12(2)5-7-13/h12,15H,3-11H2,1-2H3. The number of hydrogen-bond acceptors (Lipinski definition) is 2. The second-order valence-electron chi connectivity index (χ2n) is 4.29. The molecule has 0 rings (SSSR count). The predicted molar refractivity (Wildman–Crippen MR) is 67.6 cm³/mol. The third-order valence-electron chi connectivity index (χ3n) is 2.78. The van der Waals surface area contributed by atoms with Gasteiger partial charge in [-0.1, -0.05) is 20.3 Å². The van der Waals surface area contributed by atoms with E-state index in [0.29, 0.717) is 5.92 Å². The van der Waals surface area contributed by atoms with Gasteiger partial charge in [-0.3, -0.25) is 0 Å². The maximum absolute atomic E-state index is 8.94. The Labute approximate surface area is 99.6 Å². The molecule has 2 nitrogen and oxygen atoms in total. The molecule has 0 saturated heterocycles. The highest BCUT2D eigenvalue weighted by Gasteiger charge is 2.06. The molecule has 0 aromatic heterocycles. The third kappa shape index (κ3) is 9.16. The van der Waals surface area contributed by atoms with Gasteiger partial charge < -0.3 is 10.0 Å². The quantitative estimate of drug-likeness (QED) is 0.589. The minimum atomic E-state index is 0.271. The molecule has 0 radical (unpaired) electrons. The van der Waals surface area contributed by atoms with Gasteiger partial charge in [0.25, 0.3) is 0 Å². The van der Waals surface area contributed by atoms with Gasteiger partial charge in [-0.05, 0) is 38.3 Å². The second kappa shape index (κ2) is 10.7. The van der Waals surface area contributed by atoms with Gasteiger partial charge in [-0.25, -0.2) is 0 Å². The van der Waals surface area contributed by atoms with Crippen LogP contribution >= 0.6 is 11.6 Å². The van der Waals surface area contributed by atoms with Gasteiger partial charge in [0, 0.05) is 12.4 Å². The number of nitrogens with zero attached hydrogens (tertiary/aromatic N) is 1. The summed E-state index contributed by atoms with van der Waals surface area (Å²) in [7, 11) is 0. The van der Waals surface area contributed by atoms with Gasteiger partial charge in [-0.15, -0.1) is 11.6 Å². The molecule has 0 fully saturated rings. The normalized spacial score (nSPS) is 13.4. The van der Waals surface area contributed by atoms with Crippen LogP contribution in [0.4, 0.5) is 0 Å². The molecule has 0 bridgehead atoms. The van der Waals surface area contributed by atoms with E-state index >= 15 is 0 Å². The Hall–Kier alpha value is 0.210. The van der Waals surface area contributed by atoms with Gasteiger partial charge in [-0.2, -0.15) is 0 Å². The van der Waals surface area contributed by atoms with E-state index in [4.69, 9.17) is 16.7 Å². The smallest absolute Gasteiger partial charge is 0.0558 e. The molecule has 0 aromatic carbocycles. The summed E-state index contributed by atoms with van der Waals surface area (Å²) in [5, 5.41) is 8.94. The van der Waals surface area contributed by atoms with Crippen molar-refractivity contribution in [2.24, 2.45) is 5.92 Å². The number of aliphatic hydroxyl groups excluding tert-OH is 1. The molecule has 0 heterocycles. The van der Waals surface area contributed by atoms with Gasteiger partial charge >= 0.3 is 0 Å². The van der Waals surface area contributed by atoms with Crippen LogP contribution in [0.5, 0.6) is 0 Å². The van der Waals surface area contributed by atoms with Gasteiger partial charge in [0.05, 0.1) is 6.61 Å². The van der Waals surface area contributed by atoms with Crippen LogP contribution in [0, 0.1) is 5.92 Å². The summed E-state index contributed by atoms with van der Waals surface area (Å²) < 4.78 is 0. The Kier molecular flexibility index (Phi) is 10.9. The lowest BCUT2D eigenvalue weighted by molar-refractivity contribution is 0.185. The fourth-order valence-electron chi connectivity index (χ4n) is 1.59. The first-order chi connectivity index (χ1) is 7.24. The number of unbranched alkanes of at least 4 members (excludes halogenated alkanes) is 1. The molecule has 0 aliphatic heterocycles. The number of halogens is 1. The number of hydrogen-bond donors (Lipinski definition) is 1. The Balaban J connectivity index is 3.63. The summed E-state index contributed by atoms with van der Waals surface area (Å²) in [5.41, 5.74) is 0. The number of alkyl halides is 1. The summed E-state index contributed by atoms with van der Waals surface area (Å²) in [4.78, 5) is 2.36. The van der Waals surface area contributed by atoms with Crippen LogP contribution in [0.3, 0.4) is 0 Å². The van der Waals surface area contributed by atoms with Crippen LogP contribution in [-0.4, -0.2) is 42.1 Å². The highest BCUT2D eigenvalue weighted by atomic mass is 35.5. The minimum absolute atomic E-state index is 0.271. The molecule has 15 heavy (non-hydrogen) atoms. The van der Waals surface area contributed by atoms with E-state index in [0.717, 1.165) is 31.9 Å². The first-order valence-electron chi connectivity index (χ1n) is 6.13. The number of aliphatic hydroxyl groups is 1. The SMILES string of the molecule is CCCCN(CCO)CCC(C)CCCl. The average Bonchev–Trinajstić information content (AvgIpc) is 2.22. The first kappa shape index (κ1) is 15.2. The summed E-state index contributed by atoms with van der Waals surface area (Å²) in [6, 6.07) is 0. The highest BCUT2D eigenvalue weighted by Crippen LogP contribution is 2.09. The Bertz CT molecular complexity index is 133. The van der Waals surface area contributed by atoms with Crippen molar-refractivity contribution in [2.75, 3.05) is 32.1 Å². The van der Waals surface area contributed by atoms with Crippen LogP contribution < -0.4 is 0 Å². The molecule has 1 atom stereocenters. The summed E-state index contributed by atoms with van der Waals surface area (Å²) >= 11 is 5.70. The second-order valence-corrected chi connectivity index (χ2v) is 4.67. The zero-order valence-corrected chi connectivity index (χ0v) is 11.0. The van der Waals surface area contributed by atoms with Crippen LogP contribution in [0.15, 0.2) is 0 Å². The number of rotatable bonds is 10. The fourth-order valence-corrected chi connectivity index (χ4v) is 1.96. The highest BCUT2D eigenvalue weighted by molar-refractivity contribution is 6.17. The molecule has 1 N–H and O–H groups in total. The minimum Gasteiger partial charge on any atom is -0.395 e. The maximum atomic E-state index is 8.94. The first-order valence-corrected chi connectivity index (χ1v) is 6.67. The van der Waals surface area contributed by atoms with E-state index in [1.54, 1.807) is 0 Å². The zero-order valence-electron chi connectivity index (χ0n) is 10.2. The lowest BCUT2D eigenvalue weighted by atomic mass is 10.0. The summed E-state index contributed by atoms with van der Waals surface area (Å²) in [5.74, 6) is 1.46. The largest absolute Gasteiger partial charge is 0.395 e. The molecule has 0 spiro atoms. The molecule has 92 valence electrons. The van der Waals surface area contributed by atoms with Crippen molar-refractivity contribution < 1.29 is 5.11 Å². The lowest BCUT2D eigenvalue weighted by Crippen LogP contribution is -2.30. The van der Waals surface area contributed by atoms with Crippen molar-refractivity contribution >= 4 is 11.6 Å². The summed E-state index contributed by atoms with van der Waals surface area (Å²) in [6.45, 7) is 7.75. The zero-order chi connectivity index (χ0) is 11.5. The summed E-state index contributed by atoms with van der Waals surface area (Å²) in [6.07, 6.45) is 4.74. The lowest BCUT2D eigenvalue weighted by Gasteiger charge is -2.22. The molecular formula is C12H26ClNO. The van der Waals surface area contributed by atoms with Crippen molar-refractivity contribution in [3.63, 3.8) is 0 Å². The van der Waals surface area contributed by atoms with E-state index in [1.807, 2.05) is 0 Å². The van der Waals surface area contributed by atoms with Crippen molar-refractivity contribution in [1.29, 1.82) is 0 Å². The predicted octanol–water partition coefficient (Wildman–Crippen LogP) is 2.74. The van der Waals surface area contributed by atoms with E-state index in [-0.39, 0.29) is 6.61 Å². The van der Waals surface area contributed by atoms with Gasteiger partial charge in [0.2, 0.25) is 0 Å². The fraction of sp³-hybridized carbons (Fsp3) is 1.00. The van der Waals surface area contributed by atoms with Crippen molar-refractivity contribution in [3.05, 3.63) is 0 Å². The van der Waals surface area contributed by atoms with E-state index in [2.05, 4.69) is 18.7 Å². The van der Waals surface area contributed by atoms with Crippen LogP contribution in [-0.2, 0) is 0 Å². The Morgan fingerprint density at radius 2 is 1.93 bits per heavy atom. The van der Waals surface area contributed by atoms with Crippen molar-refractivity contribution in [1.82, 2.24) is 4.90 Å². The molecule has 1 unspecified atom stereocenters. The maximum Gasteiger partial charge on any atom is 0.0558 e. The monoisotopic (exact) mass is 235 g/mol. The Morgan fingerprint density at radius 1 is 1.20 bits per heavy atom. The third-order valence-corrected chi connectivity index (χ3v) is 3.00. The van der Waals surface area contributed by atoms with Crippen LogP contribution in [0.2, 0.25) is 0 Å². The average molecular weight is 236 g/mol. The van der Waals surface area contributed by atoms with E-state index in [1.165, 1.54) is 19.3 Å². The van der Waals surface area contributed by atoms with Gasteiger partial charge in [0.15, 0.2) is 0 Å². The van der Waals surface area contributed by atoms with E-state index < -0.39 is 0 Å².